The summed E-state index contributed by atoms with van der Waals surface area (Å²) >= 11 is 12.0. The highest BCUT2D eigenvalue weighted by Gasteiger charge is 2.28. The molecule has 1 atom stereocenters. The van der Waals surface area contributed by atoms with Gasteiger partial charge in [-0.15, -0.1) is 0 Å². The number of para-hydroxylation sites is 1. The molecule has 1 aromatic heterocycles. The largest absolute Gasteiger partial charge is 0.306 e. The Morgan fingerprint density at radius 2 is 1.88 bits per heavy atom. The molecule has 0 saturated heterocycles. The summed E-state index contributed by atoms with van der Waals surface area (Å²) in [5.41, 5.74) is 2.66. The van der Waals surface area contributed by atoms with Gasteiger partial charge in [0, 0.05) is 21.4 Å². The van der Waals surface area contributed by atoms with Gasteiger partial charge in [-0.05, 0) is 30.3 Å². The van der Waals surface area contributed by atoms with Crippen LogP contribution in [0, 0.1) is 0 Å². The summed E-state index contributed by atoms with van der Waals surface area (Å²) in [7, 11) is -1.00. The Morgan fingerprint density at radius 1 is 1.12 bits per heavy atom. The highest BCUT2D eigenvalue weighted by atomic mass is 35.5. The van der Waals surface area contributed by atoms with Gasteiger partial charge >= 0.3 is 0 Å². The van der Waals surface area contributed by atoms with Crippen molar-refractivity contribution >= 4 is 45.7 Å². The van der Waals surface area contributed by atoms with Crippen LogP contribution in [0.15, 0.2) is 48.5 Å². The molecule has 8 heteroatoms. The van der Waals surface area contributed by atoms with Gasteiger partial charge in [0.25, 0.3) is 5.91 Å². The molecule has 5 nitrogen and oxygen atoms in total. The molecule has 0 unspecified atom stereocenters. The van der Waals surface area contributed by atoms with E-state index in [-0.39, 0.29) is 10.9 Å². The van der Waals surface area contributed by atoms with Gasteiger partial charge in [0.05, 0.1) is 33.5 Å². The number of anilines is 1. The highest BCUT2D eigenvalue weighted by molar-refractivity contribution is 7.83. The van der Waals surface area contributed by atoms with E-state index in [1.807, 2.05) is 30.3 Å². The molecule has 3 aromatic rings. The molecule has 1 aliphatic heterocycles. The van der Waals surface area contributed by atoms with Crippen molar-refractivity contribution in [3.05, 3.63) is 75.4 Å². The van der Waals surface area contributed by atoms with E-state index in [1.54, 1.807) is 16.8 Å². The van der Waals surface area contributed by atoms with Crippen LogP contribution in [0.4, 0.5) is 5.82 Å². The molecule has 1 aliphatic rings. The molecule has 0 fully saturated rings. The van der Waals surface area contributed by atoms with Crippen molar-refractivity contribution in [2.45, 2.75) is 11.5 Å². The van der Waals surface area contributed by atoms with E-state index < -0.39 is 10.8 Å². The molecule has 0 aliphatic carbocycles. The summed E-state index contributed by atoms with van der Waals surface area (Å²) < 4.78 is 13.6. The Bertz CT molecular complexity index is 1030. The lowest BCUT2D eigenvalue weighted by Crippen LogP contribution is -2.17. The summed E-state index contributed by atoms with van der Waals surface area (Å²) in [4.78, 5) is 12.8. The van der Waals surface area contributed by atoms with Gasteiger partial charge < -0.3 is 5.32 Å². The monoisotopic (exact) mass is 405 g/mol. The maximum Gasteiger partial charge on any atom is 0.258 e. The van der Waals surface area contributed by atoms with Crippen molar-refractivity contribution in [3.63, 3.8) is 0 Å². The lowest BCUT2D eigenvalue weighted by Gasteiger charge is -2.12. The molecule has 2 heterocycles. The van der Waals surface area contributed by atoms with E-state index >= 15 is 0 Å². The molecule has 0 bridgehead atoms. The average Bonchev–Trinajstić information content (AvgIpc) is 3.13. The van der Waals surface area contributed by atoms with Crippen LogP contribution >= 0.6 is 23.2 Å². The number of hydrogen-bond donors (Lipinski definition) is 1. The third-order valence-corrected chi connectivity index (χ3v) is 5.83. The van der Waals surface area contributed by atoms with E-state index in [0.29, 0.717) is 27.9 Å². The van der Waals surface area contributed by atoms with Gasteiger partial charge in [-0.25, -0.2) is 4.68 Å². The minimum absolute atomic E-state index is 0.265. The van der Waals surface area contributed by atoms with E-state index in [0.717, 1.165) is 16.9 Å². The smallest absolute Gasteiger partial charge is 0.258 e. The fourth-order valence-corrected chi connectivity index (χ4v) is 4.62. The number of fused-ring (bicyclic) bond motifs is 1. The number of nitrogens with zero attached hydrogens (tertiary/aromatic N) is 2. The van der Waals surface area contributed by atoms with E-state index in [4.69, 9.17) is 23.2 Å². The Balaban J connectivity index is 1.76. The van der Waals surface area contributed by atoms with E-state index in [1.165, 1.54) is 6.07 Å². The van der Waals surface area contributed by atoms with Gasteiger partial charge in [-0.3, -0.25) is 9.00 Å². The van der Waals surface area contributed by atoms with Crippen LogP contribution in [0.1, 0.15) is 21.6 Å². The van der Waals surface area contributed by atoms with Crippen LogP contribution in [0.25, 0.3) is 5.69 Å². The zero-order valence-electron chi connectivity index (χ0n) is 13.4. The summed E-state index contributed by atoms with van der Waals surface area (Å²) in [6, 6.07) is 14.2. The van der Waals surface area contributed by atoms with Crippen LogP contribution in [0.2, 0.25) is 10.0 Å². The van der Waals surface area contributed by atoms with Crippen molar-refractivity contribution in [1.29, 1.82) is 0 Å². The molecular formula is C18H13Cl2N3O2S. The number of hydrogen-bond acceptors (Lipinski definition) is 3. The van der Waals surface area contributed by atoms with Crippen LogP contribution in [0.3, 0.4) is 0 Å². The molecule has 26 heavy (non-hydrogen) atoms. The van der Waals surface area contributed by atoms with Crippen molar-refractivity contribution < 1.29 is 9.00 Å². The molecule has 4 rings (SSSR count). The Kier molecular flexibility index (Phi) is 4.56. The first-order valence-corrected chi connectivity index (χ1v) is 10.0. The quantitative estimate of drug-likeness (QED) is 0.710. The second-order valence-electron chi connectivity index (χ2n) is 5.83. The number of carbonyl (C=O) groups excluding carboxylic acids is 1. The molecule has 0 spiro atoms. The van der Waals surface area contributed by atoms with Crippen molar-refractivity contribution in [1.82, 2.24) is 9.78 Å². The van der Waals surface area contributed by atoms with Gasteiger partial charge in [0.15, 0.2) is 0 Å². The van der Waals surface area contributed by atoms with Crippen LogP contribution in [0.5, 0.6) is 0 Å². The predicted octanol–water partition coefficient (Wildman–Crippen LogP) is 4.19. The normalized spacial score (nSPS) is 15.7. The molecular weight excluding hydrogens is 393 g/mol. The number of nitrogens with one attached hydrogen (secondary N) is 1. The Labute approximate surface area is 162 Å². The topological polar surface area (TPSA) is 64.0 Å². The van der Waals surface area contributed by atoms with E-state index in [9.17, 15) is 9.00 Å². The zero-order valence-corrected chi connectivity index (χ0v) is 15.7. The predicted molar refractivity (Wildman–Crippen MR) is 104 cm³/mol. The third-order valence-electron chi connectivity index (χ3n) is 4.08. The molecule has 132 valence electrons. The second kappa shape index (κ2) is 6.87. The summed E-state index contributed by atoms with van der Waals surface area (Å²) in [5.74, 6) is 0.906. The van der Waals surface area contributed by atoms with Gasteiger partial charge in [0.2, 0.25) is 0 Å². The number of halogens is 2. The minimum Gasteiger partial charge on any atom is -0.306 e. The maximum atomic E-state index is 12.8. The molecule has 2 aromatic carbocycles. The Hall–Kier alpha value is -2.15. The highest BCUT2D eigenvalue weighted by Crippen LogP contribution is 2.32. The van der Waals surface area contributed by atoms with Crippen LogP contribution in [-0.2, 0) is 22.3 Å². The molecule has 1 N–H and O–H groups in total. The summed E-state index contributed by atoms with van der Waals surface area (Å²) in [6.45, 7) is 0. The number of benzene rings is 2. The SMILES string of the molecule is O=C(Nc1c2c(nn1-c1ccccc1)C[S@](=O)C2)c1ccc(Cl)cc1Cl. The number of amides is 1. The van der Waals surface area contributed by atoms with Crippen molar-refractivity contribution in [2.75, 3.05) is 5.32 Å². The summed E-state index contributed by atoms with van der Waals surface area (Å²) in [6.07, 6.45) is 0. The van der Waals surface area contributed by atoms with Crippen molar-refractivity contribution in [3.8, 4) is 5.69 Å². The number of aromatic nitrogens is 2. The van der Waals surface area contributed by atoms with Crippen LogP contribution in [-0.4, -0.2) is 19.9 Å². The minimum atomic E-state index is -1.00. The molecule has 1 amide bonds. The van der Waals surface area contributed by atoms with Gasteiger partial charge in [-0.1, -0.05) is 41.4 Å². The summed E-state index contributed by atoms with van der Waals surface area (Å²) in [5, 5.41) is 8.16. The first kappa shape index (κ1) is 17.3. The molecule has 0 saturated carbocycles. The number of rotatable bonds is 3. The van der Waals surface area contributed by atoms with Crippen molar-refractivity contribution in [2.24, 2.45) is 0 Å². The maximum absolute atomic E-state index is 12.8. The standard InChI is InChI=1S/C18H13Cl2N3O2S/c19-11-6-7-13(15(20)8-11)18(24)21-17-14-9-26(25)10-16(14)22-23(17)12-4-2-1-3-5-12/h1-8H,9-10H2,(H,21,24)/t26-/m1/s1. The fraction of sp³-hybridized carbons (Fsp3) is 0.111. The second-order valence-corrected chi connectivity index (χ2v) is 8.13. The van der Waals surface area contributed by atoms with E-state index in [2.05, 4.69) is 10.4 Å². The zero-order chi connectivity index (χ0) is 18.3. The van der Waals surface area contributed by atoms with Gasteiger partial charge in [0.1, 0.15) is 5.82 Å². The average molecular weight is 406 g/mol. The van der Waals surface area contributed by atoms with Gasteiger partial charge in [-0.2, -0.15) is 5.10 Å². The first-order valence-electron chi connectivity index (χ1n) is 7.80. The number of carbonyl (C=O) groups is 1. The Morgan fingerprint density at radius 3 is 2.62 bits per heavy atom. The molecule has 0 radical (unpaired) electrons. The van der Waals surface area contributed by atoms with Crippen LogP contribution < -0.4 is 5.32 Å². The fourth-order valence-electron chi connectivity index (χ4n) is 2.86. The first-order chi connectivity index (χ1) is 12.5. The lowest BCUT2D eigenvalue weighted by atomic mass is 10.2. The third kappa shape index (κ3) is 3.16. The lowest BCUT2D eigenvalue weighted by molar-refractivity contribution is 0.102.